The lowest BCUT2D eigenvalue weighted by Gasteiger charge is -2.12. The Morgan fingerprint density at radius 2 is 1.78 bits per heavy atom. The fraction of sp³-hybridized carbons (Fsp3) is 0.375. The van der Waals surface area contributed by atoms with Crippen molar-refractivity contribution in [1.82, 2.24) is 4.57 Å². The summed E-state index contributed by atoms with van der Waals surface area (Å²) in [7, 11) is 0. The second-order valence-electron chi connectivity index (χ2n) is 5.28. The molecule has 0 spiro atoms. The summed E-state index contributed by atoms with van der Waals surface area (Å²) >= 11 is 0. The van der Waals surface area contributed by atoms with Crippen LogP contribution in [0.3, 0.4) is 0 Å². The third-order valence-electron chi connectivity index (χ3n) is 3.48. The topological polar surface area (TPSA) is 30.9 Å². The van der Waals surface area contributed by atoms with Crippen LogP contribution in [0, 0.1) is 20.8 Å². The van der Waals surface area contributed by atoms with Gasteiger partial charge in [0.2, 0.25) is 0 Å². The van der Waals surface area contributed by atoms with E-state index in [0.717, 1.165) is 6.54 Å². The zero-order valence-electron chi connectivity index (χ0n) is 11.7. The first kappa shape index (κ1) is 12.9. The highest BCUT2D eigenvalue weighted by atomic mass is 14.9. The molecule has 1 aromatic heterocycles. The number of benzene rings is 1. The molecule has 1 heterocycles. The molecule has 1 aromatic carbocycles. The minimum absolute atomic E-state index is 0.103. The maximum absolute atomic E-state index is 5.89. The maximum Gasteiger partial charge on any atom is 0.0475 e. The Bertz CT molecular complexity index is 527. The average Bonchev–Trinajstić information content (AvgIpc) is 2.71. The molecular formula is C16H22N2. The van der Waals surface area contributed by atoms with Crippen LogP contribution >= 0.6 is 0 Å². The van der Waals surface area contributed by atoms with Crippen molar-refractivity contribution in [2.45, 2.75) is 40.3 Å². The number of aromatic nitrogens is 1. The first-order valence-corrected chi connectivity index (χ1v) is 6.45. The molecule has 2 aromatic rings. The molecular weight excluding hydrogens is 220 g/mol. The fourth-order valence-electron chi connectivity index (χ4n) is 2.47. The fourth-order valence-corrected chi connectivity index (χ4v) is 2.47. The van der Waals surface area contributed by atoms with E-state index in [9.17, 15) is 0 Å². The Morgan fingerprint density at radius 1 is 1.17 bits per heavy atom. The summed E-state index contributed by atoms with van der Waals surface area (Å²) < 4.78 is 2.21. The lowest BCUT2D eigenvalue weighted by Crippen LogP contribution is -2.05. The van der Waals surface area contributed by atoms with Crippen molar-refractivity contribution in [1.29, 1.82) is 0 Å². The predicted octanol–water partition coefficient (Wildman–Crippen LogP) is 3.48. The van der Waals surface area contributed by atoms with Crippen LogP contribution in [0.25, 0.3) is 0 Å². The molecule has 0 aliphatic carbocycles. The molecule has 2 rings (SSSR count). The Morgan fingerprint density at radius 3 is 2.28 bits per heavy atom. The van der Waals surface area contributed by atoms with Crippen LogP contribution in [-0.2, 0) is 6.54 Å². The van der Waals surface area contributed by atoms with Gasteiger partial charge in [-0.1, -0.05) is 17.7 Å². The van der Waals surface area contributed by atoms with Gasteiger partial charge in [0, 0.05) is 25.0 Å². The first-order chi connectivity index (χ1) is 8.47. The SMILES string of the molecule is Cc1cc(C)c(Cn2ccc(C(C)N)c2)c(C)c1. The number of nitrogens with two attached hydrogens (primary N) is 1. The van der Waals surface area contributed by atoms with E-state index in [1.54, 1.807) is 0 Å². The molecule has 2 N–H and O–H groups in total. The van der Waals surface area contributed by atoms with Crippen LogP contribution < -0.4 is 5.73 Å². The summed E-state index contributed by atoms with van der Waals surface area (Å²) in [4.78, 5) is 0. The van der Waals surface area contributed by atoms with Crippen LogP contribution in [-0.4, -0.2) is 4.57 Å². The minimum atomic E-state index is 0.103. The van der Waals surface area contributed by atoms with Crippen molar-refractivity contribution >= 4 is 0 Å². The molecule has 2 heteroatoms. The maximum atomic E-state index is 5.89. The smallest absolute Gasteiger partial charge is 0.0475 e. The molecule has 0 aliphatic heterocycles. The summed E-state index contributed by atoms with van der Waals surface area (Å²) in [5.74, 6) is 0. The summed E-state index contributed by atoms with van der Waals surface area (Å²) in [6.45, 7) is 9.46. The van der Waals surface area contributed by atoms with Gasteiger partial charge in [0.25, 0.3) is 0 Å². The van der Waals surface area contributed by atoms with E-state index >= 15 is 0 Å². The monoisotopic (exact) mass is 242 g/mol. The van der Waals surface area contributed by atoms with Gasteiger partial charge in [-0.25, -0.2) is 0 Å². The zero-order chi connectivity index (χ0) is 13.3. The van der Waals surface area contributed by atoms with Crippen LogP contribution in [0.2, 0.25) is 0 Å². The van der Waals surface area contributed by atoms with Gasteiger partial charge < -0.3 is 10.3 Å². The second kappa shape index (κ2) is 4.99. The molecule has 18 heavy (non-hydrogen) atoms. The number of aryl methyl sites for hydroxylation is 3. The molecule has 1 atom stereocenters. The number of rotatable bonds is 3. The molecule has 0 amide bonds. The quantitative estimate of drug-likeness (QED) is 0.877. The van der Waals surface area contributed by atoms with Gasteiger partial charge in [-0.15, -0.1) is 0 Å². The third-order valence-corrected chi connectivity index (χ3v) is 3.48. The molecule has 1 unspecified atom stereocenters. The number of nitrogens with zero attached hydrogens (tertiary/aromatic N) is 1. The molecule has 0 saturated heterocycles. The lowest BCUT2D eigenvalue weighted by molar-refractivity contribution is 0.771. The number of hydrogen-bond acceptors (Lipinski definition) is 1. The summed E-state index contributed by atoms with van der Waals surface area (Å²) in [5, 5.41) is 0. The summed E-state index contributed by atoms with van der Waals surface area (Å²) in [6.07, 6.45) is 4.25. The van der Waals surface area contributed by atoms with Crippen LogP contribution in [0.1, 0.15) is 40.8 Å². The van der Waals surface area contributed by atoms with Crippen molar-refractivity contribution in [3.8, 4) is 0 Å². The molecule has 0 saturated carbocycles. The van der Waals surface area contributed by atoms with Gasteiger partial charge in [-0.3, -0.25) is 0 Å². The van der Waals surface area contributed by atoms with Crippen molar-refractivity contribution < 1.29 is 0 Å². The predicted molar refractivity (Wildman–Crippen MR) is 76.8 cm³/mol. The largest absolute Gasteiger partial charge is 0.350 e. The standard InChI is InChI=1S/C16H22N2/c1-11-7-12(2)16(13(3)8-11)10-18-6-5-15(9-18)14(4)17/h5-9,14H,10,17H2,1-4H3. The third kappa shape index (κ3) is 2.65. The van der Waals surface area contributed by atoms with E-state index in [1.165, 1.54) is 27.8 Å². The molecule has 2 nitrogen and oxygen atoms in total. The Balaban J connectivity index is 2.28. The van der Waals surface area contributed by atoms with Crippen molar-refractivity contribution in [3.63, 3.8) is 0 Å². The van der Waals surface area contributed by atoms with E-state index < -0.39 is 0 Å². The lowest BCUT2D eigenvalue weighted by atomic mass is 10.00. The molecule has 96 valence electrons. The summed E-state index contributed by atoms with van der Waals surface area (Å²) in [5.41, 5.74) is 12.5. The second-order valence-corrected chi connectivity index (χ2v) is 5.28. The van der Waals surface area contributed by atoms with Crippen LogP contribution in [0.5, 0.6) is 0 Å². The van der Waals surface area contributed by atoms with E-state index in [2.05, 4.69) is 55.9 Å². The normalized spacial score (nSPS) is 12.7. The Hall–Kier alpha value is -1.54. The number of hydrogen-bond donors (Lipinski definition) is 1. The average molecular weight is 242 g/mol. The van der Waals surface area contributed by atoms with E-state index in [0.29, 0.717) is 0 Å². The van der Waals surface area contributed by atoms with Gasteiger partial charge in [-0.05, 0) is 56.0 Å². The molecule has 0 radical (unpaired) electrons. The van der Waals surface area contributed by atoms with Gasteiger partial charge in [0.05, 0.1) is 0 Å². The van der Waals surface area contributed by atoms with Crippen molar-refractivity contribution in [3.05, 3.63) is 58.4 Å². The highest BCUT2D eigenvalue weighted by molar-refractivity contribution is 5.37. The minimum Gasteiger partial charge on any atom is -0.350 e. The van der Waals surface area contributed by atoms with Crippen LogP contribution in [0.15, 0.2) is 30.6 Å². The first-order valence-electron chi connectivity index (χ1n) is 6.45. The molecule has 0 aliphatic rings. The highest BCUT2D eigenvalue weighted by Gasteiger charge is 2.06. The van der Waals surface area contributed by atoms with Gasteiger partial charge in [-0.2, -0.15) is 0 Å². The van der Waals surface area contributed by atoms with E-state index in [-0.39, 0.29) is 6.04 Å². The zero-order valence-corrected chi connectivity index (χ0v) is 11.7. The van der Waals surface area contributed by atoms with E-state index in [1.807, 2.05) is 6.92 Å². The van der Waals surface area contributed by atoms with Crippen molar-refractivity contribution in [2.24, 2.45) is 5.73 Å². The van der Waals surface area contributed by atoms with Crippen LogP contribution in [0.4, 0.5) is 0 Å². The van der Waals surface area contributed by atoms with Gasteiger partial charge >= 0.3 is 0 Å². The van der Waals surface area contributed by atoms with Gasteiger partial charge in [0.1, 0.15) is 0 Å². The molecule has 0 fully saturated rings. The van der Waals surface area contributed by atoms with Crippen molar-refractivity contribution in [2.75, 3.05) is 0 Å². The Kier molecular flexibility index (Phi) is 3.58. The van der Waals surface area contributed by atoms with Gasteiger partial charge in [0.15, 0.2) is 0 Å². The molecule has 0 bridgehead atoms. The Labute approximate surface area is 109 Å². The highest BCUT2D eigenvalue weighted by Crippen LogP contribution is 2.19. The van der Waals surface area contributed by atoms with E-state index in [4.69, 9.17) is 5.73 Å². The summed E-state index contributed by atoms with van der Waals surface area (Å²) in [6, 6.07) is 6.70.